The van der Waals surface area contributed by atoms with E-state index in [1.54, 1.807) is 6.20 Å². The molecule has 1 aromatic heterocycles. The summed E-state index contributed by atoms with van der Waals surface area (Å²) in [7, 11) is 0. The summed E-state index contributed by atoms with van der Waals surface area (Å²) in [6.45, 7) is 3.37. The van der Waals surface area contributed by atoms with Crippen molar-refractivity contribution in [3.8, 4) is 6.07 Å². The van der Waals surface area contributed by atoms with Crippen molar-refractivity contribution in [2.75, 3.05) is 24.5 Å². The van der Waals surface area contributed by atoms with Gasteiger partial charge in [-0.2, -0.15) is 5.26 Å². The first kappa shape index (κ1) is 12.4. The average Bonchev–Trinajstić information content (AvgIpc) is 3.02. The summed E-state index contributed by atoms with van der Waals surface area (Å²) >= 11 is 0. The molecule has 0 spiro atoms. The number of anilines is 1. The van der Waals surface area contributed by atoms with Gasteiger partial charge in [-0.3, -0.25) is 0 Å². The van der Waals surface area contributed by atoms with Gasteiger partial charge in [0.25, 0.3) is 0 Å². The monoisotopic (exact) mass is 256 g/mol. The lowest BCUT2D eigenvalue weighted by Crippen LogP contribution is -2.43. The minimum atomic E-state index is 0.513. The lowest BCUT2D eigenvalue weighted by molar-refractivity contribution is 0.329. The number of pyridine rings is 1. The molecule has 2 saturated heterocycles. The molecule has 2 aliphatic rings. The molecule has 0 radical (unpaired) electrons. The third-order valence-electron chi connectivity index (χ3n) is 4.35. The first-order chi connectivity index (χ1) is 9.36. The molecule has 19 heavy (non-hydrogen) atoms. The first-order valence-electron chi connectivity index (χ1n) is 7.21. The van der Waals surface area contributed by atoms with Gasteiger partial charge in [0.2, 0.25) is 0 Å². The van der Waals surface area contributed by atoms with Crippen molar-refractivity contribution in [2.24, 2.45) is 5.92 Å². The molecule has 0 bridgehead atoms. The Kier molecular flexibility index (Phi) is 3.65. The van der Waals surface area contributed by atoms with Crippen LogP contribution in [0.15, 0.2) is 18.3 Å². The molecule has 0 saturated carbocycles. The Morgan fingerprint density at radius 2 is 2.32 bits per heavy atom. The van der Waals surface area contributed by atoms with Crippen molar-refractivity contribution < 1.29 is 0 Å². The van der Waals surface area contributed by atoms with Crippen LogP contribution in [-0.4, -0.2) is 30.7 Å². The fourth-order valence-corrected chi connectivity index (χ4v) is 3.36. The number of nitriles is 1. The minimum Gasteiger partial charge on any atom is -0.371 e. The molecule has 2 unspecified atom stereocenters. The standard InChI is InChI=1S/C15H20N4/c16-10-13-9-14(5-7-17-13)19-8-2-3-12(11-19)15-4-1-6-18-15/h5,7,9,12,15,18H,1-4,6,8,11H2. The first-order valence-corrected chi connectivity index (χ1v) is 7.21. The highest BCUT2D eigenvalue weighted by Crippen LogP contribution is 2.28. The molecular formula is C15H20N4. The lowest BCUT2D eigenvalue weighted by Gasteiger charge is -2.37. The van der Waals surface area contributed by atoms with Gasteiger partial charge in [0, 0.05) is 31.0 Å². The Hall–Kier alpha value is -1.60. The Labute approximate surface area is 114 Å². The summed E-state index contributed by atoms with van der Waals surface area (Å²) in [4.78, 5) is 6.46. The van der Waals surface area contributed by atoms with E-state index in [2.05, 4.69) is 21.3 Å². The lowest BCUT2D eigenvalue weighted by atomic mass is 9.89. The van der Waals surface area contributed by atoms with Crippen LogP contribution in [0, 0.1) is 17.2 Å². The van der Waals surface area contributed by atoms with Crippen LogP contribution in [0.3, 0.4) is 0 Å². The zero-order chi connectivity index (χ0) is 13.1. The summed E-state index contributed by atoms with van der Waals surface area (Å²) < 4.78 is 0. The maximum atomic E-state index is 8.94. The van der Waals surface area contributed by atoms with Crippen molar-refractivity contribution in [1.82, 2.24) is 10.3 Å². The van der Waals surface area contributed by atoms with E-state index < -0.39 is 0 Å². The molecule has 3 heterocycles. The molecule has 3 rings (SSSR count). The zero-order valence-corrected chi connectivity index (χ0v) is 11.2. The molecule has 4 heteroatoms. The Morgan fingerprint density at radius 3 is 3.11 bits per heavy atom. The largest absolute Gasteiger partial charge is 0.371 e. The van der Waals surface area contributed by atoms with Crippen molar-refractivity contribution in [3.63, 3.8) is 0 Å². The van der Waals surface area contributed by atoms with Gasteiger partial charge in [0.15, 0.2) is 0 Å². The highest BCUT2D eigenvalue weighted by Gasteiger charge is 2.29. The summed E-state index contributed by atoms with van der Waals surface area (Å²) in [5, 5.41) is 12.6. The smallest absolute Gasteiger partial charge is 0.142 e. The van der Waals surface area contributed by atoms with Gasteiger partial charge in [-0.1, -0.05) is 0 Å². The second-order valence-electron chi connectivity index (χ2n) is 5.56. The number of hydrogen-bond donors (Lipinski definition) is 1. The molecule has 100 valence electrons. The molecule has 4 nitrogen and oxygen atoms in total. The normalized spacial score (nSPS) is 27.2. The number of nitrogens with zero attached hydrogens (tertiary/aromatic N) is 3. The van der Waals surface area contributed by atoms with Crippen molar-refractivity contribution in [1.29, 1.82) is 5.26 Å². The molecule has 1 aromatic rings. The van der Waals surface area contributed by atoms with Crippen LogP contribution in [-0.2, 0) is 0 Å². The van der Waals surface area contributed by atoms with E-state index >= 15 is 0 Å². The average molecular weight is 256 g/mol. The van der Waals surface area contributed by atoms with Gasteiger partial charge in [0.05, 0.1) is 0 Å². The van der Waals surface area contributed by atoms with Crippen LogP contribution in [0.5, 0.6) is 0 Å². The number of rotatable bonds is 2. The van der Waals surface area contributed by atoms with Crippen LogP contribution in [0.1, 0.15) is 31.4 Å². The fraction of sp³-hybridized carbons (Fsp3) is 0.600. The molecule has 2 aliphatic heterocycles. The number of piperidine rings is 1. The summed E-state index contributed by atoms with van der Waals surface area (Å²) in [5.74, 6) is 0.745. The van der Waals surface area contributed by atoms with Gasteiger partial charge < -0.3 is 10.2 Å². The predicted octanol–water partition coefficient (Wildman–Crippen LogP) is 1.92. The highest BCUT2D eigenvalue weighted by molar-refractivity contribution is 5.49. The van der Waals surface area contributed by atoms with E-state index in [9.17, 15) is 0 Å². The van der Waals surface area contributed by atoms with E-state index in [0.717, 1.165) is 24.7 Å². The van der Waals surface area contributed by atoms with E-state index in [-0.39, 0.29) is 0 Å². The Balaban J connectivity index is 1.72. The molecule has 2 fully saturated rings. The Bertz CT molecular complexity index is 473. The second-order valence-corrected chi connectivity index (χ2v) is 5.56. The third-order valence-corrected chi connectivity index (χ3v) is 4.35. The molecule has 0 amide bonds. The van der Waals surface area contributed by atoms with E-state index in [1.165, 1.54) is 32.2 Å². The summed E-state index contributed by atoms with van der Waals surface area (Å²) in [6, 6.07) is 6.74. The van der Waals surface area contributed by atoms with E-state index in [4.69, 9.17) is 5.26 Å². The molecular weight excluding hydrogens is 236 g/mol. The van der Waals surface area contributed by atoms with Crippen LogP contribution in [0.2, 0.25) is 0 Å². The Morgan fingerprint density at radius 1 is 1.37 bits per heavy atom. The van der Waals surface area contributed by atoms with Gasteiger partial charge in [-0.25, -0.2) is 4.98 Å². The van der Waals surface area contributed by atoms with E-state index in [0.29, 0.717) is 11.7 Å². The predicted molar refractivity (Wildman–Crippen MR) is 74.9 cm³/mol. The highest BCUT2D eigenvalue weighted by atomic mass is 15.1. The molecule has 0 aromatic carbocycles. The fourth-order valence-electron chi connectivity index (χ4n) is 3.36. The quantitative estimate of drug-likeness (QED) is 0.878. The topological polar surface area (TPSA) is 52.0 Å². The molecule has 2 atom stereocenters. The zero-order valence-electron chi connectivity index (χ0n) is 11.2. The van der Waals surface area contributed by atoms with Crippen LogP contribution < -0.4 is 10.2 Å². The van der Waals surface area contributed by atoms with Crippen molar-refractivity contribution in [3.05, 3.63) is 24.0 Å². The maximum absolute atomic E-state index is 8.94. The molecule has 1 N–H and O–H groups in total. The minimum absolute atomic E-state index is 0.513. The van der Waals surface area contributed by atoms with Crippen LogP contribution in [0.4, 0.5) is 5.69 Å². The third kappa shape index (κ3) is 2.71. The molecule has 0 aliphatic carbocycles. The van der Waals surface area contributed by atoms with Gasteiger partial charge in [-0.15, -0.1) is 0 Å². The number of hydrogen-bond acceptors (Lipinski definition) is 4. The number of nitrogens with one attached hydrogen (secondary N) is 1. The second kappa shape index (κ2) is 5.58. The SMILES string of the molecule is N#Cc1cc(N2CCCC(C3CCCN3)C2)ccn1. The van der Waals surface area contributed by atoms with Gasteiger partial charge in [-0.05, 0) is 50.3 Å². The van der Waals surface area contributed by atoms with Gasteiger partial charge in [0.1, 0.15) is 11.8 Å². The summed E-state index contributed by atoms with van der Waals surface area (Å²) in [6.07, 6.45) is 6.94. The van der Waals surface area contributed by atoms with Crippen LogP contribution in [0.25, 0.3) is 0 Å². The van der Waals surface area contributed by atoms with Crippen molar-refractivity contribution >= 4 is 5.69 Å². The van der Waals surface area contributed by atoms with Crippen LogP contribution >= 0.6 is 0 Å². The number of aromatic nitrogens is 1. The summed E-state index contributed by atoms with van der Waals surface area (Å²) in [5.41, 5.74) is 1.66. The van der Waals surface area contributed by atoms with E-state index in [1.807, 2.05) is 12.1 Å². The van der Waals surface area contributed by atoms with Gasteiger partial charge >= 0.3 is 0 Å². The van der Waals surface area contributed by atoms with Crippen molar-refractivity contribution in [2.45, 2.75) is 31.7 Å². The maximum Gasteiger partial charge on any atom is 0.142 e.